The van der Waals surface area contributed by atoms with E-state index in [9.17, 15) is 14.9 Å². The molecule has 11 heteroatoms. The number of rotatable bonds is 11. The quantitative estimate of drug-likeness (QED) is 0.190. The molecule has 1 atom stereocenters. The van der Waals surface area contributed by atoms with Crippen LogP contribution in [0.15, 0.2) is 47.6 Å². The summed E-state index contributed by atoms with van der Waals surface area (Å²) in [5.41, 5.74) is 14.1. The molecule has 0 aliphatic heterocycles. The normalized spacial score (nSPS) is 11.2. The molecule has 2 heterocycles. The van der Waals surface area contributed by atoms with Crippen LogP contribution in [0.2, 0.25) is 0 Å². The minimum atomic E-state index is -0.485. The van der Waals surface area contributed by atoms with Crippen molar-refractivity contribution in [3.05, 3.63) is 70.8 Å². The van der Waals surface area contributed by atoms with Crippen molar-refractivity contribution in [2.45, 2.75) is 36.6 Å². The third-order valence-corrected chi connectivity index (χ3v) is 6.58. The van der Waals surface area contributed by atoms with Crippen LogP contribution in [0.25, 0.3) is 16.0 Å². The molecule has 0 radical (unpaired) electrons. The molecule has 10 nitrogen and oxygen atoms in total. The summed E-state index contributed by atoms with van der Waals surface area (Å²) in [6.07, 6.45) is 2.44. The smallest absolute Gasteiger partial charge is 0.269 e. The highest BCUT2D eigenvalue weighted by molar-refractivity contribution is 7.98. The van der Waals surface area contributed by atoms with Crippen LogP contribution in [0.5, 0.6) is 5.75 Å². The number of nitrogens with two attached hydrogens (primary N) is 2. The van der Waals surface area contributed by atoms with E-state index in [1.54, 1.807) is 49.5 Å². The molecule has 1 amide bonds. The average molecular weight is 530 g/mol. The summed E-state index contributed by atoms with van der Waals surface area (Å²) >= 11 is 1.28. The number of nitriles is 1. The molecule has 2 aromatic heterocycles. The molecule has 0 aliphatic rings. The van der Waals surface area contributed by atoms with Gasteiger partial charge >= 0.3 is 0 Å². The Kier molecular flexibility index (Phi) is 9.77. The van der Waals surface area contributed by atoms with E-state index in [0.29, 0.717) is 47.1 Å². The molecule has 5 N–H and O–H groups in total. The van der Waals surface area contributed by atoms with E-state index in [2.05, 4.69) is 26.2 Å². The zero-order valence-corrected chi connectivity index (χ0v) is 21.8. The molecule has 0 fully saturated rings. The number of carbonyl (C=O) groups is 2. The first-order chi connectivity index (χ1) is 18.3. The van der Waals surface area contributed by atoms with Gasteiger partial charge in [-0.2, -0.15) is 5.26 Å². The summed E-state index contributed by atoms with van der Waals surface area (Å²) < 4.78 is 5.72. The maximum absolute atomic E-state index is 11.9. The van der Waals surface area contributed by atoms with E-state index >= 15 is 0 Å². The second kappa shape index (κ2) is 13.2. The van der Waals surface area contributed by atoms with Crippen LogP contribution in [0.4, 0.5) is 11.5 Å². The van der Waals surface area contributed by atoms with Gasteiger partial charge in [-0.25, -0.2) is 9.83 Å². The summed E-state index contributed by atoms with van der Waals surface area (Å²) in [6, 6.07) is 12.1. The summed E-state index contributed by atoms with van der Waals surface area (Å²) in [6.45, 7) is 9.65. The van der Waals surface area contributed by atoms with Gasteiger partial charge in [0.15, 0.2) is 0 Å². The molecular weight excluding hydrogens is 502 g/mol. The Bertz CT molecular complexity index is 1410. The molecule has 0 unspecified atom stereocenters. The fourth-order valence-electron chi connectivity index (χ4n) is 3.52. The SMILES string of the molecule is [C-]#[N+]c1c(N)nc(SCc2ccnc(C(=O)NC)c2)c(C#N)c1-c1ccc(OCCCC(=O)[C@H](C)N)cc1. The number of pyridine rings is 2. The number of benzene rings is 1. The minimum absolute atomic E-state index is 0.0144. The summed E-state index contributed by atoms with van der Waals surface area (Å²) in [5, 5.41) is 12.9. The van der Waals surface area contributed by atoms with E-state index in [-0.39, 0.29) is 34.5 Å². The number of ether oxygens (including phenoxy) is 1. The van der Waals surface area contributed by atoms with E-state index in [4.69, 9.17) is 22.8 Å². The predicted octanol–water partition coefficient (Wildman–Crippen LogP) is 3.88. The van der Waals surface area contributed by atoms with Crippen LogP contribution in [-0.4, -0.2) is 41.4 Å². The largest absolute Gasteiger partial charge is 0.494 e. The summed E-state index contributed by atoms with van der Waals surface area (Å²) in [7, 11) is 1.53. The van der Waals surface area contributed by atoms with Crippen molar-refractivity contribution in [1.29, 1.82) is 5.26 Å². The van der Waals surface area contributed by atoms with Crippen LogP contribution < -0.4 is 21.5 Å². The van der Waals surface area contributed by atoms with Gasteiger partial charge in [0.1, 0.15) is 34.1 Å². The number of carbonyl (C=O) groups excluding carboxylic acids is 2. The van der Waals surface area contributed by atoms with Gasteiger partial charge in [0.05, 0.1) is 24.8 Å². The highest BCUT2D eigenvalue weighted by Gasteiger charge is 2.21. The highest BCUT2D eigenvalue weighted by atomic mass is 32.2. The molecule has 0 spiro atoms. The third-order valence-electron chi connectivity index (χ3n) is 5.54. The van der Waals surface area contributed by atoms with Crippen LogP contribution in [0.1, 0.15) is 41.4 Å². The van der Waals surface area contributed by atoms with Gasteiger partial charge in [0.25, 0.3) is 5.91 Å². The number of anilines is 1. The Balaban J connectivity index is 1.83. The number of amides is 1. The van der Waals surface area contributed by atoms with E-state index in [1.807, 2.05) is 0 Å². The monoisotopic (exact) mass is 529 g/mol. The van der Waals surface area contributed by atoms with Crippen LogP contribution in [0.3, 0.4) is 0 Å². The second-order valence-electron chi connectivity index (χ2n) is 8.27. The predicted molar refractivity (Wildman–Crippen MR) is 146 cm³/mol. The van der Waals surface area contributed by atoms with E-state index in [1.165, 1.54) is 18.8 Å². The fraction of sp³-hybridized carbons (Fsp3) is 0.259. The van der Waals surface area contributed by atoms with Crippen molar-refractivity contribution in [2.24, 2.45) is 5.73 Å². The summed E-state index contributed by atoms with van der Waals surface area (Å²) in [5.74, 6) is 0.705. The molecule has 0 saturated carbocycles. The van der Waals surface area contributed by atoms with Gasteiger partial charge < -0.3 is 21.5 Å². The van der Waals surface area contributed by atoms with Crippen molar-refractivity contribution in [2.75, 3.05) is 19.4 Å². The van der Waals surface area contributed by atoms with Crippen LogP contribution in [-0.2, 0) is 10.5 Å². The lowest BCUT2D eigenvalue weighted by atomic mass is 10.00. The Morgan fingerprint density at radius 2 is 2.03 bits per heavy atom. The molecule has 0 aliphatic carbocycles. The topological polar surface area (TPSA) is 161 Å². The van der Waals surface area contributed by atoms with E-state index < -0.39 is 6.04 Å². The van der Waals surface area contributed by atoms with E-state index in [0.717, 1.165) is 5.56 Å². The minimum Gasteiger partial charge on any atom is -0.494 e. The van der Waals surface area contributed by atoms with Crippen molar-refractivity contribution in [3.8, 4) is 22.9 Å². The van der Waals surface area contributed by atoms with Crippen molar-refractivity contribution in [3.63, 3.8) is 0 Å². The fourth-order valence-corrected chi connectivity index (χ4v) is 4.46. The van der Waals surface area contributed by atoms with Gasteiger partial charge in [-0.3, -0.25) is 14.6 Å². The molecule has 38 heavy (non-hydrogen) atoms. The van der Waals surface area contributed by atoms with Gasteiger partial charge in [-0.15, -0.1) is 11.8 Å². The maximum Gasteiger partial charge on any atom is 0.269 e. The lowest BCUT2D eigenvalue weighted by molar-refractivity contribution is -0.120. The number of nitrogens with one attached hydrogen (secondary N) is 1. The number of thioether (sulfide) groups is 1. The number of ketones is 1. The Hall–Kier alpha value is -4.45. The molecule has 0 bridgehead atoms. The first kappa shape index (κ1) is 28.1. The first-order valence-electron chi connectivity index (χ1n) is 11.7. The number of aromatic nitrogens is 2. The van der Waals surface area contributed by atoms with Gasteiger partial charge in [0, 0.05) is 31.0 Å². The van der Waals surface area contributed by atoms with Crippen LogP contribution in [0, 0.1) is 17.9 Å². The van der Waals surface area contributed by atoms with Crippen molar-refractivity contribution < 1.29 is 14.3 Å². The number of hydrogen-bond donors (Lipinski definition) is 3. The van der Waals surface area contributed by atoms with Crippen molar-refractivity contribution >= 4 is 35.0 Å². The molecule has 194 valence electrons. The number of nitrogen functional groups attached to an aromatic ring is 1. The van der Waals surface area contributed by atoms with Gasteiger partial charge in [0.2, 0.25) is 5.69 Å². The number of nitrogens with zero attached hydrogens (tertiary/aromatic N) is 4. The van der Waals surface area contributed by atoms with Crippen LogP contribution >= 0.6 is 11.8 Å². The van der Waals surface area contributed by atoms with Gasteiger partial charge in [-0.1, -0.05) is 12.1 Å². The molecular formula is C27H27N7O3S. The number of hydrogen-bond acceptors (Lipinski definition) is 9. The zero-order chi connectivity index (χ0) is 27.7. The first-order valence-corrected chi connectivity index (χ1v) is 12.7. The highest BCUT2D eigenvalue weighted by Crippen LogP contribution is 2.42. The maximum atomic E-state index is 11.9. The lowest BCUT2D eigenvalue weighted by Gasteiger charge is -2.14. The molecule has 0 saturated heterocycles. The standard InChI is InChI=1S/C27H27N7O3S/c1-16(29)22(35)5-4-12-37-19-8-6-18(7-9-19)23-20(14-28)27(34-25(30)24(23)31-2)38-15-17-10-11-33-21(13-17)26(36)32-3/h6-11,13,16H,4-5,12,15,29H2,1,3H3,(H2,30,34)(H,32,36)/t16-/m0/s1. The molecule has 3 rings (SSSR count). The van der Waals surface area contributed by atoms with Crippen molar-refractivity contribution in [1.82, 2.24) is 15.3 Å². The second-order valence-corrected chi connectivity index (χ2v) is 9.24. The molecule has 1 aromatic carbocycles. The van der Waals surface area contributed by atoms with Gasteiger partial charge in [-0.05, 0) is 48.7 Å². The molecule has 3 aromatic rings. The zero-order valence-electron chi connectivity index (χ0n) is 21.0. The Morgan fingerprint density at radius 3 is 2.66 bits per heavy atom. The third kappa shape index (κ3) is 6.85. The Morgan fingerprint density at radius 1 is 1.29 bits per heavy atom. The average Bonchev–Trinajstić information content (AvgIpc) is 2.93. The lowest BCUT2D eigenvalue weighted by Crippen LogP contribution is -2.26. The Labute approximate surface area is 225 Å². The summed E-state index contributed by atoms with van der Waals surface area (Å²) in [4.78, 5) is 35.5. The number of Topliss-reactive ketones (excluding diaryl/α,β-unsaturated/α-hetero) is 1.